The fourth-order valence-electron chi connectivity index (χ4n) is 2.27. The maximum atomic E-state index is 13.0. The molecule has 0 spiro atoms. The molecule has 0 bridgehead atoms. The van der Waals surface area contributed by atoms with Gasteiger partial charge in [0.1, 0.15) is 11.9 Å². The number of carbonyl (C=O) groups excluding carboxylic acids is 1. The largest absolute Gasteiger partial charge is 0.379 e. The van der Waals surface area contributed by atoms with E-state index in [1.165, 1.54) is 12.1 Å². The zero-order chi connectivity index (χ0) is 15.9. The van der Waals surface area contributed by atoms with Crippen LogP contribution in [0.4, 0.5) is 14.9 Å². The fourth-order valence-corrected chi connectivity index (χ4v) is 2.27. The van der Waals surface area contributed by atoms with Gasteiger partial charge in [0.2, 0.25) is 0 Å². The summed E-state index contributed by atoms with van der Waals surface area (Å²) in [4.78, 5) is 14.1. The predicted octanol–water partition coefficient (Wildman–Crippen LogP) is 1.54. The molecule has 1 heterocycles. The first-order chi connectivity index (χ1) is 10.6. The minimum Gasteiger partial charge on any atom is -0.379 e. The molecule has 0 aromatic heterocycles. The molecule has 0 aliphatic carbocycles. The third-order valence-corrected chi connectivity index (χ3v) is 3.58. The number of urea groups is 1. The van der Waals surface area contributed by atoms with E-state index < -0.39 is 11.8 Å². The van der Waals surface area contributed by atoms with Gasteiger partial charge in [-0.05, 0) is 25.1 Å². The Morgan fingerprint density at radius 3 is 2.91 bits per heavy atom. The van der Waals surface area contributed by atoms with E-state index >= 15 is 0 Å². The van der Waals surface area contributed by atoms with E-state index in [4.69, 9.17) is 10.00 Å². The molecular weight excluding hydrogens is 287 g/mol. The summed E-state index contributed by atoms with van der Waals surface area (Å²) in [5.41, 5.74) is 0.386. The zero-order valence-corrected chi connectivity index (χ0v) is 12.4. The average Bonchev–Trinajstić information content (AvgIpc) is 2.55. The van der Waals surface area contributed by atoms with Crippen LogP contribution in [0.5, 0.6) is 0 Å². The number of nitrogens with zero attached hydrogens (tertiary/aromatic N) is 2. The Balaban J connectivity index is 1.84. The standard InChI is InChI=1S/C15H19FN4O2/c1-11(20-4-6-22-7-5-20)10-18-15(21)19-14-3-2-13(16)8-12(14)9-17/h2-3,8,11H,4-7,10H2,1H3,(H2,18,19,21)/t11-/m1/s1. The van der Waals surface area contributed by atoms with E-state index in [9.17, 15) is 9.18 Å². The van der Waals surface area contributed by atoms with Gasteiger partial charge in [-0.15, -0.1) is 0 Å². The summed E-state index contributed by atoms with van der Waals surface area (Å²) < 4.78 is 18.3. The first-order valence-electron chi connectivity index (χ1n) is 7.16. The summed E-state index contributed by atoms with van der Waals surface area (Å²) in [5, 5.41) is 14.3. The minimum atomic E-state index is -0.511. The lowest BCUT2D eigenvalue weighted by atomic mass is 10.2. The molecule has 1 aliphatic rings. The molecule has 0 unspecified atom stereocenters. The molecule has 7 heteroatoms. The smallest absolute Gasteiger partial charge is 0.319 e. The number of anilines is 1. The SMILES string of the molecule is C[C@H](CNC(=O)Nc1ccc(F)cc1C#N)N1CCOCC1. The third kappa shape index (κ3) is 4.41. The van der Waals surface area contributed by atoms with Crippen molar-refractivity contribution in [2.24, 2.45) is 0 Å². The highest BCUT2D eigenvalue weighted by Gasteiger charge is 2.17. The molecule has 1 saturated heterocycles. The van der Waals surface area contributed by atoms with Gasteiger partial charge in [-0.25, -0.2) is 9.18 Å². The first kappa shape index (κ1) is 16.2. The Hall–Kier alpha value is -2.17. The van der Waals surface area contributed by atoms with Crippen molar-refractivity contribution in [3.05, 3.63) is 29.6 Å². The van der Waals surface area contributed by atoms with Gasteiger partial charge in [-0.2, -0.15) is 5.26 Å². The van der Waals surface area contributed by atoms with Gasteiger partial charge in [-0.1, -0.05) is 0 Å². The summed E-state index contributed by atoms with van der Waals surface area (Å²) in [5.74, 6) is -0.511. The minimum absolute atomic E-state index is 0.0939. The molecule has 1 fully saturated rings. The normalized spacial score (nSPS) is 16.6. The van der Waals surface area contributed by atoms with Crippen LogP contribution >= 0.6 is 0 Å². The Labute approximate surface area is 128 Å². The van der Waals surface area contributed by atoms with Crippen LogP contribution in [-0.2, 0) is 4.74 Å². The van der Waals surface area contributed by atoms with Gasteiger partial charge in [-0.3, -0.25) is 4.90 Å². The molecule has 1 aromatic carbocycles. The number of hydrogen-bond donors (Lipinski definition) is 2. The van der Waals surface area contributed by atoms with Crippen molar-refractivity contribution in [3.8, 4) is 6.07 Å². The van der Waals surface area contributed by atoms with E-state index in [2.05, 4.69) is 15.5 Å². The fraction of sp³-hybridized carbons (Fsp3) is 0.467. The zero-order valence-electron chi connectivity index (χ0n) is 12.4. The number of amides is 2. The lowest BCUT2D eigenvalue weighted by molar-refractivity contribution is 0.0209. The van der Waals surface area contributed by atoms with Crippen LogP contribution < -0.4 is 10.6 Å². The monoisotopic (exact) mass is 306 g/mol. The molecular formula is C15H19FN4O2. The van der Waals surface area contributed by atoms with Crippen LogP contribution in [0.3, 0.4) is 0 Å². The third-order valence-electron chi connectivity index (χ3n) is 3.58. The van der Waals surface area contributed by atoms with Gasteiger partial charge in [0, 0.05) is 25.7 Å². The number of nitrogens with one attached hydrogen (secondary N) is 2. The Kier molecular flexibility index (Phi) is 5.69. The molecule has 1 aromatic rings. The molecule has 118 valence electrons. The molecule has 0 radical (unpaired) electrons. The van der Waals surface area contributed by atoms with E-state index in [0.717, 1.165) is 19.2 Å². The maximum absolute atomic E-state index is 13.0. The highest BCUT2D eigenvalue weighted by atomic mass is 19.1. The predicted molar refractivity (Wildman–Crippen MR) is 80.0 cm³/mol. The number of hydrogen-bond acceptors (Lipinski definition) is 4. The molecule has 1 atom stereocenters. The lowest BCUT2D eigenvalue weighted by Crippen LogP contribution is -2.47. The summed E-state index contributed by atoms with van der Waals surface area (Å²) >= 11 is 0. The molecule has 1 aliphatic heterocycles. The summed E-state index contributed by atoms with van der Waals surface area (Å²) in [6.07, 6.45) is 0. The van der Waals surface area contributed by atoms with E-state index in [0.29, 0.717) is 25.4 Å². The van der Waals surface area contributed by atoms with E-state index in [1.807, 2.05) is 13.0 Å². The number of nitriles is 1. The van der Waals surface area contributed by atoms with Crippen molar-refractivity contribution in [3.63, 3.8) is 0 Å². The number of carbonyl (C=O) groups is 1. The summed E-state index contributed by atoms with van der Waals surface area (Å²) in [7, 11) is 0. The van der Waals surface area contributed by atoms with Crippen LogP contribution in [0, 0.1) is 17.1 Å². The van der Waals surface area contributed by atoms with Crippen LogP contribution in [-0.4, -0.2) is 49.8 Å². The van der Waals surface area contributed by atoms with Crippen LogP contribution in [0.15, 0.2) is 18.2 Å². The Morgan fingerprint density at radius 2 is 2.23 bits per heavy atom. The highest BCUT2D eigenvalue weighted by molar-refractivity contribution is 5.90. The first-order valence-corrected chi connectivity index (χ1v) is 7.16. The number of halogens is 1. The maximum Gasteiger partial charge on any atom is 0.319 e. The van der Waals surface area contributed by atoms with Crippen molar-refractivity contribution < 1.29 is 13.9 Å². The molecule has 0 saturated carbocycles. The van der Waals surface area contributed by atoms with Gasteiger partial charge in [0.15, 0.2) is 0 Å². The molecule has 6 nitrogen and oxygen atoms in total. The molecule has 22 heavy (non-hydrogen) atoms. The van der Waals surface area contributed by atoms with Crippen molar-refractivity contribution in [2.45, 2.75) is 13.0 Å². The summed E-state index contributed by atoms with van der Waals surface area (Å²) in [6, 6.07) is 5.30. The quantitative estimate of drug-likeness (QED) is 0.884. The van der Waals surface area contributed by atoms with Gasteiger partial charge >= 0.3 is 6.03 Å². The topological polar surface area (TPSA) is 77.4 Å². The van der Waals surface area contributed by atoms with Crippen molar-refractivity contribution >= 4 is 11.7 Å². The molecule has 2 N–H and O–H groups in total. The second kappa shape index (κ2) is 7.73. The van der Waals surface area contributed by atoms with Crippen molar-refractivity contribution in [1.82, 2.24) is 10.2 Å². The van der Waals surface area contributed by atoms with Crippen molar-refractivity contribution in [2.75, 3.05) is 38.2 Å². The van der Waals surface area contributed by atoms with Gasteiger partial charge in [0.25, 0.3) is 0 Å². The van der Waals surface area contributed by atoms with E-state index in [-0.39, 0.29) is 11.6 Å². The van der Waals surface area contributed by atoms with Gasteiger partial charge < -0.3 is 15.4 Å². The van der Waals surface area contributed by atoms with Gasteiger partial charge in [0.05, 0.1) is 24.5 Å². The van der Waals surface area contributed by atoms with Crippen LogP contribution in [0.25, 0.3) is 0 Å². The van der Waals surface area contributed by atoms with Crippen LogP contribution in [0.1, 0.15) is 12.5 Å². The molecule has 2 amide bonds. The number of benzene rings is 1. The average molecular weight is 306 g/mol. The second-order valence-corrected chi connectivity index (χ2v) is 5.13. The lowest BCUT2D eigenvalue weighted by Gasteiger charge is -2.32. The number of morpholine rings is 1. The molecule has 2 rings (SSSR count). The highest BCUT2D eigenvalue weighted by Crippen LogP contribution is 2.15. The van der Waals surface area contributed by atoms with Crippen LogP contribution in [0.2, 0.25) is 0 Å². The second-order valence-electron chi connectivity index (χ2n) is 5.13. The van der Waals surface area contributed by atoms with Crippen molar-refractivity contribution in [1.29, 1.82) is 5.26 Å². The number of ether oxygens (including phenoxy) is 1. The number of rotatable bonds is 4. The Morgan fingerprint density at radius 1 is 1.50 bits per heavy atom. The van der Waals surface area contributed by atoms with E-state index in [1.54, 1.807) is 0 Å². The summed E-state index contributed by atoms with van der Waals surface area (Å²) in [6.45, 7) is 5.62. The Bertz CT molecular complexity index is 567.